The number of H-pyrrole nitrogens is 6. The average Bonchev–Trinajstić information content (AvgIpc) is 1.57. The van der Waals surface area contributed by atoms with Crippen molar-refractivity contribution < 1.29 is 33.5 Å². The highest BCUT2D eigenvalue weighted by molar-refractivity contribution is 6.06. The molecule has 6 aromatic heterocycles. The highest BCUT2D eigenvalue weighted by Gasteiger charge is 2.60. The van der Waals surface area contributed by atoms with E-state index in [4.69, 9.17) is 17.9 Å². The lowest BCUT2D eigenvalue weighted by Crippen LogP contribution is -2.44. The molecular formula is C124H146N14O7. The van der Waals surface area contributed by atoms with Gasteiger partial charge in [-0.05, 0) is 186 Å². The number of rotatable bonds is 8. The molecule has 145 heavy (non-hydrogen) atoms. The van der Waals surface area contributed by atoms with Crippen LogP contribution in [0.3, 0.4) is 0 Å². The zero-order chi connectivity index (χ0) is 103. The lowest BCUT2D eigenvalue weighted by Gasteiger charge is -2.48. The number of aromatic nitrogens is 12. The Labute approximate surface area is 855 Å². The molecule has 4 atom stereocenters. The predicted octanol–water partition coefficient (Wildman–Crippen LogP) is 26.1. The Kier molecular flexibility index (Phi) is 25.6. The number of para-hydroxylation sites is 1. The first-order chi connectivity index (χ1) is 68.7. The molecule has 0 saturated heterocycles. The number of Topliss-reactive ketones (excluding diaryl/α,β-unsaturated/α-hetero) is 6. The summed E-state index contributed by atoms with van der Waals surface area (Å²) >= 11 is 0. The van der Waals surface area contributed by atoms with Crippen LogP contribution in [-0.4, -0.2) is 102 Å². The van der Waals surface area contributed by atoms with Crippen LogP contribution in [0.1, 0.15) is 371 Å². The van der Waals surface area contributed by atoms with Crippen LogP contribution in [0.2, 0.25) is 0 Å². The minimum Gasteiger partial charge on any atom is -0.492 e. The maximum absolute atomic E-state index is 13.5. The van der Waals surface area contributed by atoms with Crippen LogP contribution in [-0.2, 0) is 106 Å². The second-order valence-electron chi connectivity index (χ2n) is 49.8. The number of fused-ring (bicyclic) bond motifs is 14. The molecule has 0 radical (unpaired) electrons. The topological polar surface area (TPSA) is 292 Å². The average molecular weight is 1940 g/mol. The number of carbonyl (C=O) groups excluding carboxylic acids is 6. The van der Waals surface area contributed by atoms with Gasteiger partial charge in [-0.25, -0.2) is 9.69 Å². The molecule has 1 aliphatic heterocycles. The predicted molar refractivity (Wildman–Crippen MR) is 568 cm³/mol. The van der Waals surface area contributed by atoms with E-state index in [0.717, 1.165) is 253 Å². The van der Waals surface area contributed by atoms with Crippen LogP contribution in [0.15, 0.2) is 176 Å². The van der Waals surface area contributed by atoms with Crippen molar-refractivity contribution in [3.8, 4) is 5.75 Å². The number of ketones is 6. The van der Waals surface area contributed by atoms with Gasteiger partial charge in [0.1, 0.15) is 12.4 Å². The van der Waals surface area contributed by atoms with Gasteiger partial charge in [0.05, 0.1) is 59.1 Å². The van der Waals surface area contributed by atoms with Crippen molar-refractivity contribution >= 4 is 46.1 Å². The van der Waals surface area contributed by atoms with Gasteiger partial charge >= 0.3 is 0 Å². The van der Waals surface area contributed by atoms with Crippen molar-refractivity contribution in [1.82, 2.24) is 61.2 Å². The number of allylic oxidation sites excluding steroid dienone is 11. The maximum atomic E-state index is 13.5. The highest BCUT2D eigenvalue weighted by Crippen LogP contribution is 2.63. The number of nitrogens with one attached hydrogen (secondary N) is 6. The van der Waals surface area contributed by atoms with Gasteiger partial charge in [0, 0.05) is 205 Å². The second-order valence-corrected chi connectivity index (χ2v) is 49.8. The van der Waals surface area contributed by atoms with Gasteiger partial charge in [-0.1, -0.05) is 248 Å². The number of benzene rings is 4. The molecule has 0 amide bonds. The van der Waals surface area contributed by atoms with E-state index in [-0.39, 0.29) is 66.1 Å². The molecule has 21 heteroatoms. The molecule has 0 saturated carbocycles. The van der Waals surface area contributed by atoms with E-state index in [1.807, 2.05) is 93.0 Å². The molecule has 7 heterocycles. The third-order valence-electron chi connectivity index (χ3n) is 35.2. The van der Waals surface area contributed by atoms with E-state index < -0.39 is 16.2 Å². The molecule has 10 aromatic rings. The fourth-order valence-electron chi connectivity index (χ4n) is 30.6. The zero-order valence-corrected chi connectivity index (χ0v) is 89.6. The number of carbonyl (C=O) groups is 6. The van der Waals surface area contributed by atoms with Crippen molar-refractivity contribution in [2.45, 2.75) is 358 Å². The van der Waals surface area contributed by atoms with Crippen LogP contribution in [0.25, 0.3) is 9.69 Å². The molecule has 14 aliphatic rings. The third-order valence-corrected chi connectivity index (χ3v) is 35.2. The summed E-state index contributed by atoms with van der Waals surface area (Å²) in [4.78, 5) is 86.4. The molecule has 21 nitrogen and oxygen atoms in total. The molecule has 2 spiro atoms. The standard InChI is InChI=1S/C23H26N2O.2C22H23N3O.C21H22N2O2.C19H28N2O.C17H24N2O/c1-14-20-18(25-24-14)11-16-12-22(2,3)13-19(26)21(16)23(20)10-6-8-15-7-4-5-9-17(15)23;2*1-13-19-17(25-24-13)9-14-11-21(2,3)12-18(26)20(14)22(19,4)15-7-6-8-16(10-15)23-5;1-12-18-15(23-22-12)8-13-9-20(2,3)10-16(24)19(13)21(18)11-25-17-7-5-4-6-14(17)21;1-5-7-19(8-6-2)14-12-20-21-15(14)9-13-10-18(3,4)11-16(22)17(13)19;1-5-17(6-2)12-10-18-19-13(12)7-11-8-16(3,4)9-14(20)15(11)17/h4-5,7,9H,6,8,10-13H2,1-3H3,(H,24,25);2*6-8,10H,9,11-12H2,1-4H3,(H,24,25);4-7H,8-11H2,1-3H3,(H,22,23);12H,5-11H2,1-4H3,(H,20,21);10H,5-9H2,1-4H3,(H,18,19)/t;2*22-;;;/m.10.../s1. The molecule has 4 aromatic carbocycles. The Morgan fingerprint density at radius 3 is 1.10 bits per heavy atom. The summed E-state index contributed by atoms with van der Waals surface area (Å²) in [6.07, 6.45) is 27.9. The largest absolute Gasteiger partial charge is 0.492 e. The Hall–Kier alpha value is -12.6. The monoisotopic (exact) mass is 1940 g/mol. The summed E-state index contributed by atoms with van der Waals surface area (Å²) in [7, 11) is 0. The van der Waals surface area contributed by atoms with Gasteiger partial charge in [0.15, 0.2) is 46.1 Å². The lowest BCUT2D eigenvalue weighted by molar-refractivity contribution is -0.120. The van der Waals surface area contributed by atoms with E-state index in [1.54, 1.807) is 0 Å². The van der Waals surface area contributed by atoms with Crippen LogP contribution < -0.4 is 4.74 Å². The number of hydrogen-bond acceptors (Lipinski definition) is 13. The van der Waals surface area contributed by atoms with E-state index in [1.165, 1.54) is 72.6 Å². The molecule has 13 aliphatic carbocycles. The second kappa shape index (κ2) is 36.8. The quantitative estimate of drug-likeness (QED) is 0.0773. The maximum Gasteiger partial charge on any atom is 0.187 e. The molecule has 24 rings (SSSR count). The molecule has 2 unspecified atom stereocenters. The zero-order valence-electron chi connectivity index (χ0n) is 89.6. The van der Waals surface area contributed by atoms with Crippen LogP contribution in [0, 0.1) is 73.3 Å². The van der Waals surface area contributed by atoms with Crippen molar-refractivity contribution in [3.63, 3.8) is 0 Å². The van der Waals surface area contributed by atoms with Crippen LogP contribution in [0.5, 0.6) is 5.75 Å². The lowest BCUT2D eigenvalue weighted by atomic mass is 9.54. The van der Waals surface area contributed by atoms with Crippen LogP contribution in [0.4, 0.5) is 11.4 Å². The first kappa shape index (κ1) is 101. The van der Waals surface area contributed by atoms with Crippen LogP contribution >= 0.6 is 0 Å². The summed E-state index contributed by atoms with van der Waals surface area (Å²) in [5.41, 5.74) is 37.2. The summed E-state index contributed by atoms with van der Waals surface area (Å²) in [6, 6.07) is 32.3. The number of hydrogen-bond donors (Lipinski definition) is 6. The highest BCUT2D eigenvalue weighted by atomic mass is 16.5. The van der Waals surface area contributed by atoms with E-state index in [0.29, 0.717) is 73.9 Å². The fourth-order valence-corrected chi connectivity index (χ4v) is 30.6. The number of nitrogens with zero attached hydrogens (tertiary/aromatic N) is 8. The minimum atomic E-state index is -0.561. The Morgan fingerprint density at radius 2 is 0.690 bits per heavy atom. The Bertz CT molecular complexity index is 7160. The molecule has 6 N–H and O–H groups in total. The molecule has 0 fully saturated rings. The third kappa shape index (κ3) is 16.9. The van der Waals surface area contributed by atoms with E-state index in [2.05, 4.69) is 240 Å². The SMILES string of the molecule is CCC1(CC)C2=C(Cc3[nH]ncc31)CC(C)(C)CC2=O.CCCC1(CCC)C2=C(Cc3[nH]ncc31)CC(C)(C)CC2=O.Cc1[nH]nc2c1C1(CCCc3ccccc31)C1=C(C2)CC(C)(C)CC1=O.Cc1[nH]nc2c1C1(COc3ccccc31)C1=C(C2)CC(C)(C)CC1=O.[C-]#[N+]c1cccc([C@@]2(C)C3=C(Cc4n[nH]c(C)c42)CC(C)(C)CC3=O)c1.[C-]#[N+]c1cccc([C@]2(C)C3=C(Cc4n[nH]c(C)c42)CC(C)(C)CC3=O)c1. The first-order valence-electron chi connectivity index (χ1n) is 53.3. The number of aromatic amines is 6. The van der Waals surface area contributed by atoms with Gasteiger partial charge in [0.2, 0.25) is 0 Å². The van der Waals surface area contributed by atoms with Gasteiger partial charge < -0.3 is 4.74 Å². The molecular weight excluding hydrogens is 1800 g/mol. The van der Waals surface area contributed by atoms with E-state index in [9.17, 15) is 28.8 Å². The normalized spacial score (nSPS) is 24.6. The molecule has 0 bridgehead atoms. The van der Waals surface area contributed by atoms with Gasteiger partial charge in [-0.3, -0.25) is 59.4 Å². The minimum absolute atomic E-state index is 0.0128. The first-order valence-corrected chi connectivity index (χ1v) is 53.3. The van der Waals surface area contributed by atoms with Gasteiger partial charge in [-0.2, -0.15) is 30.6 Å². The summed E-state index contributed by atoms with van der Waals surface area (Å²) in [5, 5.41) is 46.0. The molecule has 754 valence electrons. The van der Waals surface area contributed by atoms with Gasteiger partial charge in [-0.15, -0.1) is 0 Å². The number of ether oxygens (including phenoxy) is 1. The van der Waals surface area contributed by atoms with Crippen molar-refractivity contribution in [2.75, 3.05) is 6.61 Å². The summed E-state index contributed by atoms with van der Waals surface area (Å²) in [6.45, 7) is 62.9. The Balaban J connectivity index is 0.000000110. The van der Waals surface area contributed by atoms with Gasteiger partial charge in [0.25, 0.3) is 0 Å². The van der Waals surface area contributed by atoms with Crippen molar-refractivity contribution in [1.29, 1.82) is 0 Å². The van der Waals surface area contributed by atoms with E-state index >= 15 is 0 Å². The smallest absolute Gasteiger partial charge is 0.187 e. The summed E-state index contributed by atoms with van der Waals surface area (Å²) < 4.78 is 6.09. The summed E-state index contributed by atoms with van der Waals surface area (Å²) in [5.74, 6) is 2.75. The fraction of sp³-hybridized carbons (Fsp3) is 0.500. The van der Waals surface area contributed by atoms with Crippen molar-refractivity contribution in [3.05, 3.63) is 317 Å². The van der Waals surface area contributed by atoms with Crippen molar-refractivity contribution in [2.24, 2.45) is 32.5 Å². The number of aryl methyl sites for hydroxylation is 5. The Morgan fingerprint density at radius 1 is 0.352 bits per heavy atom.